The quantitative estimate of drug-likeness (QED) is 0.565. The molecule has 1 amide bonds. The molecule has 0 N–H and O–H groups in total. The second-order valence-electron chi connectivity index (χ2n) is 5.72. The minimum absolute atomic E-state index is 0.0355. The highest BCUT2D eigenvalue weighted by molar-refractivity contribution is 5.96. The molecule has 0 spiro atoms. The summed E-state index contributed by atoms with van der Waals surface area (Å²) in [4.78, 5) is 13.1. The van der Waals surface area contributed by atoms with Crippen molar-refractivity contribution in [1.82, 2.24) is 0 Å². The SMILES string of the molecule is O=C1CC(c2ccc(C(F)(F)F)cc2)CN1c1ccc(F)c(F)c1F. The van der Waals surface area contributed by atoms with E-state index in [1.165, 1.54) is 12.1 Å². The number of rotatable bonds is 2. The summed E-state index contributed by atoms with van der Waals surface area (Å²) < 4.78 is 78.0. The summed E-state index contributed by atoms with van der Waals surface area (Å²) >= 11 is 0. The number of alkyl halides is 3. The lowest BCUT2D eigenvalue weighted by Crippen LogP contribution is -2.25. The molecule has 2 nitrogen and oxygen atoms in total. The number of amides is 1. The number of hydrogen-bond donors (Lipinski definition) is 0. The maximum atomic E-state index is 13.9. The molecule has 1 aliphatic heterocycles. The van der Waals surface area contributed by atoms with Crippen molar-refractivity contribution >= 4 is 11.6 Å². The van der Waals surface area contributed by atoms with Gasteiger partial charge in [0.1, 0.15) is 0 Å². The molecular weight excluding hydrogens is 348 g/mol. The molecule has 1 aliphatic rings. The fraction of sp³-hybridized carbons (Fsp3) is 0.235. The molecule has 0 bridgehead atoms. The van der Waals surface area contributed by atoms with Gasteiger partial charge in [0.2, 0.25) is 5.91 Å². The number of carbonyl (C=O) groups excluding carboxylic acids is 1. The molecule has 2 aromatic rings. The number of carbonyl (C=O) groups is 1. The standard InChI is InChI=1S/C17H11F6NO/c18-12-5-6-13(16(20)15(12)19)24-8-10(7-14(24)25)9-1-3-11(4-2-9)17(21,22)23/h1-6,10H,7-8H2. The molecule has 0 aromatic heterocycles. The highest BCUT2D eigenvalue weighted by Gasteiger charge is 2.35. The molecule has 1 fully saturated rings. The molecule has 8 heteroatoms. The van der Waals surface area contributed by atoms with Crippen LogP contribution in [0.2, 0.25) is 0 Å². The molecule has 1 unspecified atom stereocenters. The summed E-state index contributed by atoms with van der Waals surface area (Å²) in [5, 5.41) is 0. The van der Waals surface area contributed by atoms with Gasteiger partial charge in [0.05, 0.1) is 11.3 Å². The normalized spacial score (nSPS) is 18.1. The van der Waals surface area contributed by atoms with E-state index in [4.69, 9.17) is 0 Å². The third-order valence-electron chi connectivity index (χ3n) is 4.14. The zero-order valence-electron chi connectivity index (χ0n) is 12.6. The van der Waals surface area contributed by atoms with Gasteiger partial charge in [-0.25, -0.2) is 13.2 Å². The zero-order chi connectivity index (χ0) is 18.4. The van der Waals surface area contributed by atoms with E-state index in [1.54, 1.807) is 0 Å². The van der Waals surface area contributed by atoms with Crippen LogP contribution in [0.15, 0.2) is 36.4 Å². The third kappa shape index (κ3) is 3.20. The maximum absolute atomic E-state index is 13.9. The fourth-order valence-electron chi connectivity index (χ4n) is 2.83. The van der Waals surface area contributed by atoms with Gasteiger partial charge in [-0.3, -0.25) is 4.79 Å². The Morgan fingerprint density at radius 1 is 0.920 bits per heavy atom. The van der Waals surface area contributed by atoms with Gasteiger partial charge in [0, 0.05) is 18.9 Å². The summed E-state index contributed by atoms with van der Waals surface area (Å²) in [6.07, 6.45) is -4.53. The van der Waals surface area contributed by atoms with Gasteiger partial charge in [-0.2, -0.15) is 13.2 Å². The van der Waals surface area contributed by atoms with Crippen LogP contribution in [0.4, 0.5) is 32.0 Å². The Morgan fingerprint density at radius 3 is 2.16 bits per heavy atom. The van der Waals surface area contributed by atoms with Crippen LogP contribution < -0.4 is 4.90 Å². The van der Waals surface area contributed by atoms with Crippen molar-refractivity contribution in [3.05, 3.63) is 65.0 Å². The third-order valence-corrected chi connectivity index (χ3v) is 4.14. The topological polar surface area (TPSA) is 20.3 Å². The van der Waals surface area contributed by atoms with E-state index in [1.807, 2.05) is 0 Å². The van der Waals surface area contributed by atoms with Crippen LogP contribution in [-0.2, 0) is 11.0 Å². The minimum Gasteiger partial charge on any atom is -0.309 e. The van der Waals surface area contributed by atoms with Crippen LogP contribution in [0.3, 0.4) is 0 Å². The van der Waals surface area contributed by atoms with E-state index in [-0.39, 0.29) is 13.0 Å². The van der Waals surface area contributed by atoms with Gasteiger partial charge >= 0.3 is 6.18 Å². The molecular formula is C17H11F6NO. The van der Waals surface area contributed by atoms with E-state index in [2.05, 4.69) is 0 Å². The Bertz CT molecular complexity index is 815. The summed E-state index contributed by atoms with van der Waals surface area (Å²) in [6.45, 7) is -0.0355. The molecule has 0 radical (unpaired) electrons. The fourth-order valence-corrected chi connectivity index (χ4v) is 2.83. The van der Waals surface area contributed by atoms with Crippen LogP contribution in [0.25, 0.3) is 0 Å². The second-order valence-corrected chi connectivity index (χ2v) is 5.72. The predicted octanol–water partition coefficient (Wildman–Crippen LogP) is 4.64. The lowest BCUT2D eigenvalue weighted by Gasteiger charge is -2.18. The second kappa shape index (κ2) is 6.09. The van der Waals surface area contributed by atoms with Gasteiger partial charge in [0.25, 0.3) is 0 Å². The summed E-state index contributed by atoms with van der Waals surface area (Å²) in [5.74, 6) is -5.51. The van der Waals surface area contributed by atoms with Crippen LogP contribution in [0, 0.1) is 17.5 Å². The first kappa shape index (κ1) is 17.3. The van der Waals surface area contributed by atoms with Crippen molar-refractivity contribution < 1.29 is 31.1 Å². The Balaban J connectivity index is 1.85. The van der Waals surface area contributed by atoms with Crippen LogP contribution in [0.5, 0.6) is 0 Å². The van der Waals surface area contributed by atoms with Crippen LogP contribution in [0.1, 0.15) is 23.5 Å². The molecule has 1 heterocycles. The molecule has 132 valence electrons. The zero-order valence-corrected chi connectivity index (χ0v) is 12.6. The van der Waals surface area contributed by atoms with Crippen molar-refractivity contribution in [1.29, 1.82) is 0 Å². The highest BCUT2D eigenvalue weighted by Crippen LogP contribution is 2.35. The largest absolute Gasteiger partial charge is 0.416 e. The summed E-state index contributed by atoms with van der Waals surface area (Å²) in [7, 11) is 0. The number of halogens is 6. The van der Waals surface area contributed by atoms with Crippen molar-refractivity contribution in [2.45, 2.75) is 18.5 Å². The van der Waals surface area contributed by atoms with Crippen molar-refractivity contribution in [3.8, 4) is 0 Å². The van der Waals surface area contributed by atoms with Gasteiger partial charge in [0.15, 0.2) is 17.5 Å². The van der Waals surface area contributed by atoms with Gasteiger partial charge in [-0.1, -0.05) is 12.1 Å². The maximum Gasteiger partial charge on any atom is 0.416 e. The Kier molecular flexibility index (Phi) is 4.22. The number of hydrogen-bond acceptors (Lipinski definition) is 1. The lowest BCUT2D eigenvalue weighted by atomic mass is 9.97. The lowest BCUT2D eigenvalue weighted by molar-refractivity contribution is -0.137. The first-order chi connectivity index (χ1) is 11.7. The van der Waals surface area contributed by atoms with Gasteiger partial charge in [-0.05, 0) is 29.8 Å². The van der Waals surface area contributed by atoms with Crippen molar-refractivity contribution in [3.63, 3.8) is 0 Å². The Morgan fingerprint density at radius 2 is 1.56 bits per heavy atom. The number of anilines is 1. The predicted molar refractivity (Wildman–Crippen MR) is 77.5 cm³/mol. The molecule has 25 heavy (non-hydrogen) atoms. The average molecular weight is 359 g/mol. The number of nitrogens with zero attached hydrogens (tertiary/aromatic N) is 1. The first-order valence-corrected chi connectivity index (χ1v) is 7.29. The summed E-state index contributed by atoms with van der Waals surface area (Å²) in [6, 6.07) is 5.99. The molecule has 0 aliphatic carbocycles. The molecule has 1 atom stereocenters. The average Bonchev–Trinajstić information content (AvgIpc) is 2.94. The van der Waals surface area contributed by atoms with E-state index in [9.17, 15) is 31.1 Å². The van der Waals surface area contributed by atoms with Crippen LogP contribution >= 0.6 is 0 Å². The molecule has 0 saturated carbocycles. The first-order valence-electron chi connectivity index (χ1n) is 7.29. The van der Waals surface area contributed by atoms with Crippen LogP contribution in [-0.4, -0.2) is 12.5 Å². The monoisotopic (exact) mass is 359 g/mol. The van der Waals surface area contributed by atoms with E-state index in [0.29, 0.717) is 11.6 Å². The number of benzene rings is 2. The van der Waals surface area contributed by atoms with Gasteiger partial charge < -0.3 is 4.90 Å². The van der Waals surface area contributed by atoms with E-state index in [0.717, 1.165) is 23.1 Å². The van der Waals surface area contributed by atoms with Crippen molar-refractivity contribution in [2.75, 3.05) is 11.4 Å². The highest BCUT2D eigenvalue weighted by atomic mass is 19.4. The minimum atomic E-state index is -4.47. The van der Waals surface area contributed by atoms with Gasteiger partial charge in [-0.15, -0.1) is 0 Å². The molecule has 3 rings (SSSR count). The van der Waals surface area contributed by atoms with E-state index >= 15 is 0 Å². The van der Waals surface area contributed by atoms with E-state index < -0.39 is 46.7 Å². The van der Waals surface area contributed by atoms with Crippen molar-refractivity contribution in [2.24, 2.45) is 0 Å². The summed E-state index contributed by atoms with van der Waals surface area (Å²) in [5.41, 5.74) is -0.728. The molecule has 1 saturated heterocycles. The Labute approximate surface area is 138 Å². The smallest absolute Gasteiger partial charge is 0.309 e. The molecule has 2 aromatic carbocycles. The Hall–Kier alpha value is -2.51.